The molecule has 4 aromatic carbocycles. The maximum Gasteiger partial charge on any atom is 0.335 e. The third kappa shape index (κ3) is 4.96. The number of rotatable bonds is 7. The molecule has 0 saturated carbocycles. The lowest BCUT2D eigenvalue weighted by Crippen LogP contribution is -2.22. The third-order valence-corrected chi connectivity index (χ3v) is 5.52. The first-order valence-corrected chi connectivity index (χ1v) is 10.4. The molecule has 3 N–H and O–H groups in total. The van der Waals surface area contributed by atoms with Gasteiger partial charge in [0.25, 0.3) is 5.91 Å². The number of aromatic hydroxyl groups is 1. The SMILES string of the molecule is COc1cccc(CNC(=O)c2ccc3ccc(Cc4ccc(C(=O)O)cc4)c(O)c3c2)c1. The lowest BCUT2D eigenvalue weighted by atomic mass is 9.98. The highest BCUT2D eigenvalue weighted by Gasteiger charge is 2.12. The molecule has 0 aliphatic heterocycles. The van der Waals surface area contributed by atoms with Crippen LogP contribution in [0, 0.1) is 0 Å². The van der Waals surface area contributed by atoms with E-state index in [4.69, 9.17) is 9.84 Å². The van der Waals surface area contributed by atoms with E-state index in [2.05, 4.69) is 5.32 Å². The summed E-state index contributed by atoms with van der Waals surface area (Å²) in [4.78, 5) is 23.8. The molecule has 6 heteroatoms. The van der Waals surface area contributed by atoms with Crippen molar-refractivity contribution in [3.05, 3.63) is 107 Å². The largest absolute Gasteiger partial charge is 0.507 e. The van der Waals surface area contributed by atoms with E-state index in [1.165, 1.54) is 0 Å². The summed E-state index contributed by atoms with van der Waals surface area (Å²) in [6.45, 7) is 0.354. The van der Waals surface area contributed by atoms with Crippen LogP contribution in [-0.4, -0.2) is 29.2 Å². The number of hydrogen-bond donors (Lipinski definition) is 3. The minimum atomic E-state index is -0.979. The van der Waals surface area contributed by atoms with Crippen LogP contribution in [0.4, 0.5) is 0 Å². The summed E-state index contributed by atoms with van der Waals surface area (Å²) in [6.07, 6.45) is 0.438. The topological polar surface area (TPSA) is 95.9 Å². The first kappa shape index (κ1) is 21.9. The summed E-state index contributed by atoms with van der Waals surface area (Å²) in [6, 6.07) is 23.0. The Balaban J connectivity index is 1.54. The number of amides is 1. The molecule has 0 spiro atoms. The van der Waals surface area contributed by atoms with Crippen molar-refractivity contribution in [2.45, 2.75) is 13.0 Å². The number of methoxy groups -OCH3 is 1. The van der Waals surface area contributed by atoms with Gasteiger partial charge in [0, 0.05) is 23.9 Å². The van der Waals surface area contributed by atoms with E-state index in [9.17, 15) is 14.7 Å². The van der Waals surface area contributed by atoms with Gasteiger partial charge in [-0.3, -0.25) is 4.79 Å². The molecule has 0 aromatic heterocycles. The molecule has 4 aromatic rings. The Morgan fingerprint density at radius 1 is 0.879 bits per heavy atom. The minimum absolute atomic E-state index is 0.109. The Bertz CT molecular complexity index is 1330. The number of ether oxygens (including phenoxy) is 1. The van der Waals surface area contributed by atoms with Crippen LogP contribution < -0.4 is 10.1 Å². The van der Waals surface area contributed by atoms with Crippen LogP contribution in [0.3, 0.4) is 0 Å². The van der Waals surface area contributed by atoms with Crippen molar-refractivity contribution in [3.63, 3.8) is 0 Å². The van der Waals surface area contributed by atoms with Crippen LogP contribution in [0.25, 0.3) is 10.8 Å². The van der Waals surface area contributed by atoms with E-state index in [1.807, 2.05) is 36.4 Å². The standard InChI is InChI=1S/C27H23NO5/c1-33-23-4-2-3-18(14-23)16-28-26(30)22-12-10-19-9-11-21(25(29)24(19)15-22)13-17-5-7-20(8-6-17)27(31)32/h2-12,14-15,29H,13,16H2,1H3,(H,28,30)(H,31,32). The van der Waals surface area contributed by atoms with Crippen LogP contribution in [0.1, 0.15) is 37.4 Å². The van der Waals surface area contributed by atoms with Crippen molar-refractivity contribution < 1.29 is 24.5 Å². The molecule has 6 nitrogen and oxygen atoms in total. The zero-order valence-electron chi connectivity index (χ0n) is 18.0. The smallest absolute Gasteiger partial charge is 0.335 e. The number of hydrogen-bond acceptors (Lipinski definition) is 4. The molecule has 166 valence electrons. The molecule has 4 rings (SSSR count). The van der Waals surface area contributed by atoms with Gasteiger partial charge in [-0.15, -0.1) is 0 Å². The summed E-state index contributed by atoms with van der Waals surface area (Å²) < 4.78 is 5.21. The number of fused-ring (bicyclic) bond motifs is 1. The second kappa shape index (κ2) is 9.44. The van der Waals surface area contributed by atoms with Crippen molar-refractivity contribution in [2.75, 3.05) is 7.11 Å². The first-order chi connectivity index (χ1) is 15.9. The Morgan fingerprint density at radius 2 is 1.61 bits per heavy atom. The van der Waals surface area contributed by atoms with Crippen molar-refractivity contribution in [2.24, 2.45) is 0 Å². The van der Waals surface area contributed by atoms with Crippen molar-refractivity contribution in [1.29, 1.82) is 0 Å². The highest BCUT2D eigenvalue weighted by molar-refractivity contribution is 6.00. The number of phenolic OH excluding ortho intramolecular Hbond substituents is 1. The molecule has 0 unspecified atom stereocenters. The summed E-state index contributed by atoms with van der Waals surface area (Å²) in [5.41, 5.74) is 3.15. The van der Waals surface area contributed by atoms with Gasteiger partial charge >= 0.3 is 5.97 Å². The van der Waals surface area contributed by atoms with Gasteiger partial charge in [0.1, 0.15) is 11.5 Å². The molecule has 1 amide bonds. The van der Waals surface area contributed by atoms with E-state index in [0.717, 1.165) is 22.3 Å². The summed E-state index contributed by atoms with van der Waals surface area (Å²) in [5.74, 6) is -0.388. The zero-order valence-corrected chi connectivity index (χ0v) is 18.0. The van der Waals surface area contributed by atoms with E-state index in [1.54, 1.807) is 49.6 Å². The number of carbonyl (C=O) groups excluding carboxylic acids is 1. The van der Waals surface area contributed by atoms with E-state index >= 15 is 0 Å². The molecule has 0 saturated heterocycles. The summed E-state index contributed by atoms with van der Waals surface area (Å²) >= 11 is 0. The Kier molecular flexibility index (Phi) is 6.26. The predicted molar refractivity (Wildman–Crippen MR) is 126 cm³/mol. The van der Waals surface area contributed by atoms with Crippen molar-refractivity contribution in [3.8, 4) is 11.5 Å². The highest BCUT2D eigenvalue weighted by Crippen LogP contribution is 2.31. The van der Waals surface area contributed by atoms with Gasteiger partial charge in [-0.1, -0.05) is 42.5 Å². The Labute approximate surface area is 191 Å². The Hall–Kier alpha value is -4.32. The monoisotopic (exact) mass is 441 g/mol. The molecular formula is C27H23NO5. The van der Waals surface area contributed by atoms with Gasteiger partial charge in [0.15, 0.2) is 0 Å². The van der Waals surface area contributed by atoms with Gasteiger partial charge in [-0.05, 0) is 58.5 Å². The van der Waals surface area contributed by atoms with Crippen molar-refractivity contribution >= 4 is 22.6 Å². The molecular weight excluding hydrogens is 418 g/mol. The number of carboxylic acid groups (broad SMARTS) is 1. The second-order valence-corrected chi connectivity index (χ2v) is 7.72. The Morgan fingerprint density at radius 3 is 2.33 bits per heavy atom. The number of aromatic carboxylic acids is 1. The molecule has 0 bridgehead atoms. The van der Waals surface area contributed by atoms with Gasteiger partial charge in [-0.2, -0.15) is 0 Å². The average Bonchev–Trinajstić information content (AvgIpc) is 2.84. The molecule has 0 aliphatic rings. The second-order valence-electron chi connectivity index (χ2n) is 7.72. The van der Waals surface area contributed by atoms with Crippen molar-refractivity contribution in [1.82, 2.24) is 5.32 Å². The maximum atomic E-state index is 12.7. The fourth-order valence-corrected chi connectivity index (χ4v) is 3.68. The van der Waals surface area contributed by atoms with Gasteiger partial charge < -0.3 is 20.3 Å². The lowest BCUT2D eigenvalue weighted by Gasteiger charge is -2.11. The van der Waals surface area contributed by atoms with Gasteiger partial charge in [0.05, 0.1) is 12.7 Å². The fourth-order valence-electron chi connectivity index (χ4n) is 3.68. The summed E-state index contributed by atoms with van der Waals surface area (Å²) in [5, 5.41) is 24.2. The lowest BCUT2D eigenvalue weighted by molar-refractivity contribution is 0.0696. The van der Waals surface area contributed by atoms with E-state index < -0.39 is 5.97 Å². The number of carboxylic acids is 1. The molecule has 0 radical (unpaired) electrons. The van der Waals surface area contributed by atoms with E-state index in [0.29, 0.717) is 29.5 Å². The van der Waals surface area contributed by atoms with Crippen LogP contribution in [0.2, 0.25) is 0 Å². The van der Waals surface area contributed by atoms with E-state index in [-0.39, 0.29) is 17.2 Å². The van der Waals surface area contributed by atoms with Gasteiger partial charge in [-0.25, -0.2) is 4.79 Å². The number of benzene rings is 4. The fraction of sp³-hybridized carbons (Fsp3) is 0.111. The quantitative estimate of drug-likeness (QED) is 0.384. The van der Waals surface area contributed by atoms with Crippen LogP contribution in [-0.2, 0) is 13.0 Å². The first-order valence-electron chi connectivity index (χ1n) is 10.4. The average molecular weight is 441 g/mol. The van der Waals surface area contributed by atoms with Crippen LogP contribution in [0.15, 0.2) is 78.9 Å². The molecule has 0 heterocycles. The summed E-state index contributed by atoms with van der Waals surface area (Å²) in [7, 11) is 1.60. The molecule has 0 aliphatic carbocycles. The minimum Gasteiger partial charge on any atom is -0.507 e. The number of phenols is 1. The highest BCUT2D eigenvalue weighted by atomic mass is 16.5. The third-order valence-electron chi connectivity index (χ3n) is 5.52. The molecule has 0 atom stereocenters. The molecule has 33 heavy (non-hydrogen) atoms. The molecule has 0 fully saturated rings. The normalized spacial score (nSPS) is 10.7. The van der Waals surface area contributed by atoms with Crippen LogP contribution in [0.5, 0.6) is 11.5 Å². The maximum absolute atomic E-state index is 12.7. The number of carbonyl (C=O) groups is 2. The predicted octanol–water partition coefficient (Wildman–Crippen LogP) is 4.77. The van der Waals surface area contributed by atoms with Crippen LogP contribution >= 0.6 is 0 Å². The zero-order chi connectivity index (χ0) is 23.4. The number of nitrogens with one attached hydrogen (secondary N) is 1. The van der Waals surface area contributed by atoms with Gasteiger partial charge in [0.2, 0.25) is 0 Å².